The number of rotatable bonds is 9. The van der Waals surface area contributed by atoms with E-state index in [0.717, 1.165) is 6.07 Å². The highest BCUT2D eigenvalue weighted by atomic mass is 19.4. The Morgan fingerprint density at radius 2 is 1.55 bits per heavy atom. The third-order valence-corrected chi connectivity index (χ3v) is 5.84. The quantitative estimate of drug-likeness (QED) is 0.253. The van der Waals surface area contributed by atoms with Crippen molar-refractivity contribution < 1.29 is 36.7 Å². The molecular weight excluding hydrogens is 527 g/mol. The van der Waals surface area contributed by atoms with Crippen LogP contribution in [0.2, 0.25) is 0 Å². The molecule has 4 rings (SSSR count). The fourth-order valence-electron chi connectivity index (χ4n) is 3.83. The van der Waals surface area contributed by atoms with E-state index in [1.807, 2.05) is 0 Å². The molecule has 40 heavy (non-hydrogen) atoms. The van der Waals surface area contributed by atoms with E-state index in [0.29, 0.717) is 16.8 Å². The van der Waals surface area contributed by atoms with E-state index in [9.17, 15) is 27.6 Å². The summed E-state index contributed by atoms with van der Waals surface area (Å²) < 4.78 is 50.6. The molecule has 0 aliphatic carbocycles. The Bertz CT molecular complexity index is 1500. The monoisotopic (exact) mass is 551 g/mol. The molecular formula is C29H24F3N3O5. The molecule has 0 saturated carbocycles. The molecule has 1 aromatic heterocycles. The summed E-state index contributed by atoms with van der Waals surface area (Å²) >= 11 is 0. The second-order valence-electron chi connectivity index (χ2n) is 8.60. The van der Waals surface area contributed by atoms with Gasteiger partial charge in [-0.1, -0.05) is 36.4 Å². The largest absolute Gasteiger partial charge is 0.469 e. The van der Waals surface area contributed by atoms with Crippen LogP contribution < -0.4 is 10.6 Å². The molecule has 206 valence electrons. The van der Waals surface area contributed by atoms with Crippen LogP contribution in [0.15, 0.2) is 83.3 Å². The second-order valence-corrected chi connectivity index (χ2v) is 8.60. The van der Waals surface area contributed by atoms with Gasteiger partial charge in [0.15, 0.2) is 11.5 Å². The molecule has 0 radical (unpaired) electrons. The minimum Gasteiger partial charge on any atom is -0.469 e. The van der Waals surface area contributed by atoms with Crippen LogP contribution in [0.4, 0.5) is 18.9 Å². The van der Waals surface area contributed by atoms with Crippen LogP contribution >= 0.6 is 0 Å². The van der Waals surface area contributed by atoms with Gasteiger partial charge < -0.3 is 19.8 Å². The maximum Gasteiger partial charge on any atom is 0.416 e. The maximum atomic E-state index is 13.4. The van der Waals surface area contributed by atoms with Crippen molar-refractivity contribution in [2.75, 3.05) is 12.4 Å². The van der Waals surface area contributed by atoms with E-state index in [4.69, 9.17) is 4.42 Å². The first-order valence-corrected chi connectivity index (χ1v) is 12.1. The lowest BCUT2D eigenvalue weighted by Crippen LogP contribution is -2.25. The van der Waals surface area contributed by atoms with Crippen molar-refractivity contribution in [1.82, 2.24) is 10.3 Å². The molecule has 0 atom stereocenters. The first-order valence-electron chi connectivity index (χ1n) is 12.1. The van der Waals surface area contributed by atoms with Crippen LogP contribution in [-0.2, 0) is 27.0 Å². The normalized spacial score (nSPS) is 11.1. The topological polar surface area (TPSA) is 111 Å². The molecule has 0 fully saturated rings. The number of nitrogens with zero attached hydrogens (tertiary/aromatic N) is 1. The third kappa shape index (κ3) is 6.93. The molecule has 3 aromatic carbocycles. The number of benzene rings is 3. The summed E-state index contributed by atoms with van der Waals surface area (Å²) in [6.07, 6.45) is -4.69. The lowest BCUT2D eigenvalue weighted by molar-refractivity contribution is -0.141. The summed E-state index contributed by atoms with van der Waals surface area (Å²) in [5.74, 6) is -1.36. The summed E-state index contributed by atoms with van der Waals surface area (Å²) in [5.41, 5.74) is 0.436. The number of esters is 1. The number of carbonyl (C=O) groups is 3. The highest BCUT2D eigenvalue weighted by Gasteiger charge is 2.33. The number of methoxy groups -OCH3 is 1. The highest BCUT2D eigenvalue weighted by molar-refractivity contribution is 5.98. The van der Waals surface area contributed by atoms with Gasteiger partial charge in [-0.15, -0.1) is 0 Å². The predicted molar refractivity (Wildman–Crippen MR) is 140 cm³/mol. The van der Waals surface area contributed by atoms with Crippen molar-refractivity contribution >= 4 is 23.5 Å². The molecule has 8 nitrogen and oxygen atoms in total. The fourth-order valence-corrected chi connectivity index (χ4v) is 3.83. The molecule has 2 N–H and O–H groups in total. The SMILES string of the molecule is COC(=O)CCC(=O)Nc1ccc(-c2oc(-c3ccccc3)nc2C(=O)NCc2ccccc2C(F)(F)F)cc1. The summed E-state index contributed by atoms with van der Waals surface area (Å²) in [6.45, 7) is -0.377. The number of carbonyl (C=O) groups excluding carboxylic acids is 3. The average Bonchev–Trinajstić information content (AvgIpc) is 3.41. The average molecular weight is 552 g/mol. The molecule has 2 amide bonds. The van der Waals surface area contributed by atoms with Gasteiger partial charge in [0.1, 0.15) is 0 Å². The number of anilines is 1. The smallest absolute Gasteiger partial charge is 0.416 e. The molecule has 0 aliphatic rings. The van der Waals surface area contributed by atoms with E-state index in [-0.39, 0.29) is 48.2 Å². The van der Waals surface area contributed by atoms with Crippen molar-refractivity contribution in [2.45, 2.75) is 25.6 Å². The number of alkyl halides is 3. The molecule has 0 aliphatic heterocycles. The molecule has 0 bridgehead atoms. The minimum absolute atomic E-state index is 0.0568. The second kappa shape index (κ2) is 12.3. The van der Waals surface area contributed by atoms with Crippen molar-refractivity contribution in [3.63, 3.8) is 0 Å². The number of amides is 2. The van der Waals surface area contributed by atoms with E-state index in [1.165, 1.54) is 25.3 Å². The maximum absolute atomic E-state index is 13.4. The van der Waals surface area contributed by atoms with E-state index >= 15 is 0 Å². The minimum atomic E-state index is -4.57. The van der Waals surface area contributed by atoms with E-state index < -0.39 is 23.6 Å². The number of halogens is 3. The van der Waals surface area contributed by atoms with Crippen LogP contribution in [0.1, 0.15) is 34.5 Å². The van der Waals surface area contributed by atoms with Gasteiger partial charge in [-0.3, -0.25) is 14.4 Å². The number of aromatic nitrogens is 1. The Hall–Kier alpha value is -4.93. The van der Waals surface area contributed by atoms with Crippen LogP contribution in [0.25, 0.3) is 22.8 Å². The van der Waals surface area contributed by atoms with Crippen molar-refractivity contribution in [3.8, 4) is 22.8 Å². The number of oxazole rings is 1. The lowest BCUT2D eigenvalue weighted by atomic mass is 10.1. The van der Waals surface area contributed by atoms with Gasteiger partial charge in [0.25, 0.3) is 5.91 Å². The number of ether oxygens (including phenoxy) is 1. The number of hydrogen-bond acceptors (Lipinski definition) is 6. The Balaban J connectivity index is 1.58. The molecule has 4 aromatic rings. The van der Waals surface area contributed by atoms with Gasteiger partial charge in [-0.2, -0.15) is 13.2 Å². The molecule has 0 unspecified atom stereocenters. The Kier molecular flexibility index (Phi) is 8.63. The van der Waals surface area contributed by atoms with E-state index in [2.05, 4.69) is 20.4 Å². The summed E-state index contributed by atoms with van der Waals surface area (Å²) in [6, 6.07) is 20.2. The van der Waals surface area contributed by atoms with E-state index in [1.54, 1.807) is 54.6 Å². The highest BCUT2D eigenvalue weighted by Crippen LogP contribution is 2.33. The first kappa shape index (κ1) is 28.1. The first-order chi connectivity index (χ1) is 19.2. The number of nitrogens with one attached hydrogen (secondary N) is 2. The summed E-state index contributed by atoms with van der Waals surface area (Å²) in [7, 11) is 1.24. The Labute approximate surface area is 227 Å². The zero-order valence-electron chi connectivity index (χ0n) is 21.2. The van der Waals surface area contributed by atoms with Gasteiger partial charge in [-0.25, -0.2) is 4.98 Å². The zero-order chi connectivity index (χ0) is 28.7. The Morgan fingerprint density at radius 3 is 2.23 bits per heavy atom. The predicted octanol–water partition coefficient (Wildman–Crippen LogP) is 5.85. The van der Waals surface area contributed by atoms with Gasteiger partial charge in [0, 0.05) is 29.8 Å². The van der Waals surface area contributed by atoms with Gasteiger partial charge in [-0.05, 0) is 48.0 Å². The third-order valence-electron chi connectivity index (χ3n) is 5.84. The molecule has 1 heterocycles. The summed E-state index contributed by atoms with van der Waals surface area (Å²) in [4.78, 5) is 40.9. The lowest BCUT2D eigenvalue weighted by Gasteiger charge is -2.13. The Morgan fingerprint density at radius 1 is 0.875 bits per heavy atom. The van der Waals surface area contributed by atoms with Crippen molar-refractivity contribution in [1.29, 1.82) is 0 Å². The van der Waals surface area contributed by atoms with Crippen LogP contribution in [0.5, 0.6) is 0 Å². The van der Waals surface area contributed by atoms with Crippen LogP contribution in [-0.4, -0.2) is 29.9 Å². The van der Waals surface area contributed by atoms with Crippen molar-refractivity contribution in [2.24, 2.45) is 0 Å². The van der Waals surface area contributed by atoms with Crippen molar-refractivity contribution in [3.05, 3.63) is 95.7 Å². The van der Waals surface area contributed by atoms with Gasteiger partial charge in [0.2, 0.25) is 11.8 Å². The molecule has 11 heteroatoms. The molecule has 0 saturated heterocycles. The number of hydrogen-bond donors (Lipinski definition) is 2. The van der Waals surface area contributed by atoms with Gasteiger partial charge >= 0.3 is 12.1 Å². The van der Waals surface area contributed by atoms with Crippen LogP contribution in [0.3, 0.4) is 0 Å². The van der Waals surface area contributed by atoms with Crippen LogP contribution in [0, 0.1) is 0 Å². The summed E-state index contributed by atoms with van der Waals surface area (Å²) in [5, 5.41) is 5.17. The fraction of sp³-hybridized carbons (Fsp3) is 0.172. The van der Waals surface area contributed by atoms with Gasteiger partial charge in [0.05, 0.1) is 19.1 Å². The zero-order valence-corrected chi connectivity index (χ0v) is 21.2. The standard InChI is InChI=1S/C29H24F3N3O5/c1-39-24(37)16-15-23(36)34-21-13-11-18(12-14-21)26-25(35-28(40-26)19-7-3-2-4-8-19)27(38)33-17-20-9-5-6-10-22(20)29(30,31)32/h2-14H,15-17H2,1H3,(H,33,38)(H,34,36). The molecule has 0 spiro atoms.